The third kappa shape index (κ3) is 4.20. The van der Waals surface area contributed by atoms with Gasteiger partial charge in [-0.3, -0.25) is 0 Å². The molecule has 1 saturated carbocycles. The molecule has 2 nitrogen and oxygen atoms in total. The molecular formula is C16H25ClN2. The molecule has 0 spiro atoms. The van der Waals surface area contributed by atoms with Crippen LogP contribution in [0.4, 0.5) is 0 Å². The van der Waals surface area contributed by atoms with Crippen LogP contribution in [-0.2, 0) is 0 Å². The van der Waals surface area contributed by atoms with E-state index in [0.29, 0.717) is 0 Å². The van der Waals surface area contributed by atoms with Crippen molar-refractivity contribution in [3.05, 3.63) is 34.9 Å². The van der Waals surface area contributed by atoms with Gasteiger partial charge in [-0.1, -0.05) is 49.1 Å². The van der Waals surface area contributed by atoms with E-state index in [0.717, 1.165) is 29.6 Å². The van der Waals surface area contributed by atoms with Gasteiger partial charge in [0.25, 0.3) is 0 Å². The van der Waals surface area contributed by atoms with E-state index in [4.69, 9.17) is 17.3 Å². The third-order valence-corrected chi connectivity index (χ3v) is 4.64. The highest BCUT2D eigenvalue weighted by atomic mass is 35.5. The van der Waals surface area contributed by atoms with Crippen molar-refractivity contribution in [2.45, 2.75) is 50.6 Å². The molecule has 0 radical (unpaired) electrons. The second kappa shape index (κ2) is 7.28. The summed E-state index contributed by atoms with van der Waals surface area (Å²) >= 11 is 6.19. The lowest BCUT2D eigenvalue weighted by Gasteiger charge is -2.31. The van der Waals surface area contributed by atoms with E-state index in [2.05, 4.69) is 11.9 Å². The van der Waals surface area contributed by atoms with Crippen LogP contribution >= 0.6 is 11.6 Å². The van der Waals surface area contributed by atoms with Crippen molar-refractivity contribution in [2.24, 2.45) is 5.73 Å². The molecule has 1 aromatic carbocycles. The van der Waals surface area contributed by atoms with Gasteiger partial charge in [0.05, 0.1) is 0 Å². The Morgan fingerprint density at radius 2 is 1.95 bits per heavy atom. The Morgan fingerprint density at radius 3 is 2.63 bits per heavy atom. The standard InChI is InChI=1S/C16H25ClN2/c1-19(13-7-3-2-4-8-13)12-11-16(18)14-9-5-6-10-15(14)17/h5-6,9-10,13,16H,2-4,7-8,11-12,18H2,1H3. The van der Waals surface area contributed by atoms with Gasteiger partial charge in [0.15, 0.2) is 0 Å². The average Bonchev–Trinajstić information content (AvgIpc) is 2.46. The molecule has 2 N–H and O–H groups in total. The lowest BCUT2D eigenvalue weighted by atomic mass is 9.94. The van der Waals surface area contributed by atoms with Crippen LogP contribution in [0.3, 0.4) is 0 Å². The van der Waals surface area contributed by atoms with Crippen molar-refractivity contribution in [1.29, 1.82) is 0 Å². The Hall–Kier alpha value is -0.570. The van der Waals surface area contributed by atoms with E-state index >= 15 is 0 Å². The Kier molecular flexibility index (Phi) is 5.68. The fourth-order valence-corrected chi connectivity index (χ4v) is 3.25. The first-order chi connectivity index (χ1) is 9.18. The number of hydrogen-bond acceptors (Lipinski definition) is 2. The van der Waals surface area contributed by atoms with Crippen LogP contribution in [0.5, 0.6) is 0 Å². The van der Waals surface area contributed by atoms with Gasteiger partial charge in [0.1, 0.15) is 0 Å². The van der Waals surface area contributed by atoms with Gasteiger partial charge >= 0.3 is 0 Å². The highest BCUT2D eigenvalue weighted by Crippen LogP contribution is 2.25. The smallest absolute Gasteiger partial charge is 0.0453 e. The minimum absolute atomic E-state index is 0.0414. The average molecular weight is 281 g/mol. The summed E-state index contributed by atoms with van der Waals surface area (Å²) in [5.41, 5.74) is 7.33. The fraction of sp³-hybridized carbons (Fsp3) is 0.625. The summed E-state index contributed by atoms with van der Waals surface area (Å²) in [6.45, 7) is 1.05. The zero-order valence-corrected chi connectivity index (χ0v) is 12.6. The van der Waals surface area contributed by atoms with Crippen LogP contribution in [0.2, 0.25) is 5.02 Å². The molecule has 1 aliphatic rings. The number of halogens is 1. The highest BCUT2D eigenvalue weighted by Gasteiger charge is 2.19. The molecule has 0 amide bonds. The van der Waals surface area contributed by atoms with Crippen LogP contribution in [0.25, 0.3) is 0 Å². The molecular weight excluding hydrogens is 256 g/mol. The molecule has 1 aromatic rings. The number of hydrogen-bond donors (Lipinski definition) is 1. The summed E-state index contributed by atoms with van der Waals surface area (Å²) in [6, 6.07) is 8.71. The summed E-state index contributed by atoms with van der Waals surface area (Å²) in [7, 11) is 2.23. The van der Waals surface area contributed by atoms with Crippen LogP contribution in [-0.4, -0.2) is 24.5 Å². The topological polar surface area (TPSA) is 29.3 Å². The number of rotatable bonds is 5. The van der Waals surface area contributed by atoms with Gasteiger partial charge in [-0.2, -0.15) is 0 Å². The summed E-state index contributed by atoms with van der Waals surface area (Å²) in [5.74, 6) is 0. The SMILES string of the molecule is CN(CCC(N)c1ccccc1Cl)C1CCCCC1. The lowest BCUT2D eigenvalue weighted by Crippen LogP contribution is -2.35. The molecule has 0 bridgehead atoms. The van der Waals surface area contributed by atoms with Crippen LogP contribution in [0, 0.1) is 0 Å². The predicted octanol–water partition coefficient (Wildman–Crippen LogP) is 3.99. The monoisotopic (exact) mass is 280 g/mol. The van der Waals surface area contributed by atoms with E-state index in [1.807, 2.05) is 24.3 Å². The van der Waals surface area contributed by atoms with E-state index in [-0.39, 0.29) is 6.04 Å². The van der Waals surface area contributed by atoms with Gasteiger partial charge < -0.3 is 10.6 Å². The van der Waals surface area contributed by atoms with Gasteiger partial charge in [-0.25, -0.2) is 0 Å². The predicted molar refractivity (Wildman–Crippen MR) is 82.5 cm³/mol. The molecule has 1 fully saturated rings. The fourth-order valence-electron chi connectivity index (χ4n) is 2.98. The molecule has 106 valence electrons. The first-order valence-corrected chi connectivity index (χ1v) is 7.76. The van der Waals surface area contributed by atoms with Crippen molar-refractivity contribution in [1.82, 2.24) is 4.90 Å². The molecule has 1 atom stereocenters. The maximum Gasteiger partial charge on any atom is 0.0453 e. The van der Waals surface area contributed by atoms with Gasteiger partial charge in [0.2, 0.25) is 0 Å². The number of nitrogens with zero attached hydrogens (tertiary/aromatic N) is 1. The van der Waals surface area contributed by atoms with Crippen molar-refractivity contribution < 1.29 is 0 Å². The second-order valence-electron chi connectivity index (χ2n) is 5.69. The van der Waals surface area contributed by atoms with E-state index in [1.54, 1.807) is 0 Å². The van der Waals surface area contributed by atoms with E-state index in [1.165, 1.54) is 32.1 Å². The molecule has 3 heteroatoms. The first kappa shape index (κ1) is 14.8. The number of benzene rings is 1. The van der Waals surface area contributed by atoms with E-state index in [9.17, 15) is 0 Å². The second-order valence-corrected chi connectivity index (χ2v) is 6.10. The Balaban J connectivity index is 1.82. The van der Waals surface area contributed by atoms with Crippen molar-refractivity contribution in [3.63, 3.8) is 0 Å². The Bertz CT molecular complexity index is 388. The summed E-state index contributed by atoms with van der Waals surface area (Å²) in [6.07, 6.45) is 7.83. The minimum atomic E-state index is 0.0414. The number of nitrogens with two attached hydrogens (primary N) is 1. The van der Waals surface area contributed by atoms with E-state index < -0.39 is 0 Å². The first-order valence-electron chi connectivity index (χ1n) is 7.38. The van der Waals surface area contributed by atoms with Crippen molar-refractivity contribution in [2.75, 3.05) is 13.6 Å². The lowest BCUT2D eigenvalue weighted by molar-refractivity contribution is 0.186. The maximum absolute atomic E-state index is 6.26. The summed E-state index contributed by atoms with van der Waals surface area (Å²) in [5, 5.41) is 0.787. The molecule has 1 aliphatic carbocycles. The van der Waals surface area contributed by atoms with Crippen molar-refractivity contribution in [3.8, 4) is 0 Å². The zero-order valence-electron chi connectivity index (χ0n) is 11.8. The Labute approximate surface area is 121 Å². The molecule has 1 unspecified atom stereocenters. The molecule has 2 rings (SSSR count). The third-order valence-electron chi connectivity index (χ3n) is 4.30. The quantitative estimate of drug-likeness (QED) is 0.883. The van der Waals surface area contributed by atoms with Gasteiger partial charge in [-0.05, 0) is 44.5 Å². The molecule has 0 aliphatic heterocycles. The molecule has 0 heterocycles. The van der Waals surface area contributed by atoms with Crippen LogP contribution < -0.4 is 5.73 Å². The zero-order chi connectivity index (χ0) is 13.7. The maximum atomic E-state index is 6.26. The normalized spacial score (nSPS) is 18.7. The molecule has 0 aromatic heterocycles. The van der Waals surface area contributed by atoms with Crippen LogP contribution in [0.15, 0.2) is 24.3 Å². The largest absolute Gasteiger partial charge is 0.324 e. The molecule has 19 heavy (non-hydrogen) atoms. The van der Waals surface area contributed by atoms with Gasteiger partial charge in [-0.15, -0.1) is 0 Å². The highest BCUT2D eigenvalue weighted by molar-refractivity contribution is 6.31. The van der Waals surface area contributed by atoms with Gasteiger partial charge in [0, 0.05) is 17.1 Å². The summed E-state index contributed by atoms with van der Waals surface area (Å²) < 4.78 is 0. The minimum Gasteiger partial charge on any atom is -0.324 e. The van der Waals surface area contributed by atoms with Crippen molar-refractivity contribution >= 4 is 11.6 Å². The molecule has 0 saturated heterocycles. The Morgan fingerprint density at radius 1 is 1.26 bits per heavy atom. The summed E-state index contributed by atoms with van der Waals surface area (Å²) in [4.78, 5) is 2.48. The van der Waals surface area contributed by atoms with Crippen LogP contribution in [0.1, 0.15) is 50.1 Å².